The first-order valence-corrected chi connectivity index (χ1v) is 10.6. The summed E-state index contributed by atoms with van der Waals surface area (Å²) in [6.07, 6.45) is 4.01. The first kappa shape index (κ1) is 22.4. The molecule has 30 heavy (non-hydrogen) atoms. The van der Waals surface area contributed by atoms with Gasteiger partial charge in [-0.2, -0.15) is 0 Å². The maximum Gasteiger partial charge on any atom is 0.217 e. The fourth-order valence-electron chi connectivity index (χ4n) is 4.81. The number of aromatic hydroxyl groups is 1. The normalized spacial score (nSPS) is 30.8. The average molecular weight is 416 g/mol. The lowest BCUT2D eigenvalue weighted by molar-refractivity contribution is -0.165. The molecule has 1 aliphatic heterocycles. The third-order valence-corrected chi connectivity index (χ3v) is 6.29. The smallest absolute Gasteiger partial charge is 0.217 e. The number of hydrogen-bond acceptors (Lipinski definition) is 5. The molecule has 1 aliphatic carbocycles. The molecule has 0 bridgehead atoms. The molecule has 6 nitrogen and oxygen atoms in total. The summed E-state index contributed by atoms with van der Waals surface area (Å²) in [5.74, 6) is 0.368. The van der Waals surface area contributed by atoms with Crippen LogP contribution >= 0.6 is 0 Å². The van der Waals surface area contributed by atoms with Gasteiger partial charge in [0.1, 0.15) is 6.10 Å². The Hall–Kier alpha value is -2.31. The monoisotopic (exact) mass is 415 g/mol. The number of rotatable bonds is 6. The van der Waals surface area contributed by atoms with E-state index in [-0.39, 0.29) is 23.7 Å². The zero-order valence-electron chi connectivity index (χ0n) is 18.3. The number of benzene rings is 1. The Bertz CT molecular complexity index is 848. The molecule has 1 aromatic rings. The zero-order valence-corrected chi connectivity index (χ0v) is 18.3. The molecule has 1 saturated heterocycles. The number of carbonyl (C=O) groups is 1. The molecule has 1 aromatic carbocycles. The molecular weight excluding hydrogens is 382 g/mol. The van der Waals surface area contributed by atoms with Gasteiger partial charge in [-0.3, -0.25) is 4.79 Å². The first-order chi connectivity index (χ1) is 14.2. The van der Waals surface area contributed by atoms with E-state index in [9.17, 15) is 15.0 Å². The number of fused-ring (bicyclic) bond motifs is 1. The number of nitrogens with one attached hydrogen (secondary N) is 1. The predicted octanol–water partition coefficient (Wildman–Crippen LogP) is 3.57. The highest BCUT2D eigenvalue weighted by atomic mass is 16.5. The van der Waals surface area contributed by atoms with Crippen LogP contribution in [0.2, 0.25) is 0 Å². The Balaban J connectivity index is 2.04. The number of ether oxygens (including phenoxy) is 2. The van der Waals surface area contributed by atoms with Crippen molar-refractivity contribution >= 4 is 5.91 Å². The van der Waals surface area contributed by atoms with Crippen molar-refractivity contribution in [3.8, 4) is 11.5 Å². The summed E-state index contributed by atoms with van der Waals surface area (Å²) in [6, 6.07) is 3.69. The molecule has 5 atom stereocenters. The Morgan fingerprint density at radius 1 is 1.47 bits per heavy atom. The minimum atomic E-state index is -0.726. The van der Waals surface area contributed by atoms with Crippen LogP contribution in [0.3, 0.4) is 0 Å². The van der Waals surface area contributed by atoms with E-state index in [4.69, 9.17) is 9.47 Å². The number of amides is 1. The molecule has 1 heterocycles. The van der Waals surface area contributed by atoms with E-state index < -0.39 is 17.7 Å². The van der Waals surface area contributed by atoms with E-state index in [0.717, 1.165) is 17.6 Å². The molecule has 6 heteroatoms. The van der Waals surface area contributed by atoms with Gasteiger partial charge in [-0.15, -0.1) is 6.58 Å². The van der Waals surface area contributed by atoms with E-state index >= 15 is 0 Å². The van der Waals surface area contributed by atoms with Crippen molar-refractivity contribution in [1.82, 2.24) is 5.32 Å². The summed E-state index contributed by atoms with van der Waals surface area (Å²) in [7, 11) is 0. The molecular formula is C24H33NO5. The highest BCUT2D eigenvalue weighted by Gasteiger charge is 2.51. The van der Waals surface area contributed by atoms with E-state index in [0.29, 0.717) is 30.8 Å². The predicted molar refractivity (Wildman–Crippen MR) is 116 cm³/mol. The fraction of sp³-hybridized carbons (Fsp3) is 0.542. The average Bonchev–Trinajstić information content (AvgIpc) is 2.67. The van der Waals surface area contributed by atoms with Gasteiger partial charge >= 0.3 is 0 Å². The van der Waals surface area contributed by atoms with Crippen LogP contribution in [-0.4, -0.2) is 40.5 Å². The Morgan fingerprint density at radius 2 is 2.20 bits per heavy atom. The lowest BCUT2D eigenvalue weighted by Crippen LogP contribution is -2.62. The van der Waals surface area contributed by atoms with Crippen molar-refractivity contribution in [2.75, 3.05) is 6.61 Å². The van der Waals surface area contributed by atoms with Crippen molar-refractivity contribution in [2.45, 2.75) is 70.8 Å². The summed E-state index contributed by atoms with van der Waals surface area (Å²) in [4.78, 5) is 12.0. The van der Waals surface area contributed by atoms with Crippen molar-refractivity contribution in [3.05, 3.63) is 47.6 Å². The van der Waals surface area contributed by atoms with Crippen LogP contribution in [-0.2, 0) is 16.0 Å². The highest BCUT2D eigenvalue weighted by molar-refractivity contribution is 5.74. The van der Waals surface area contributed by atoms with Gasteiger partial charge < -0.3 is 25.0 Å². The second-order valence-electron chi connectivity index (χ2n) is 8.58. The van der Waals surface area contributed by atoms with Crippen molar-refractivity contribution in [3.63, 3.8) is 0 Å². The molecule has 0 aromatic heterocycles. The quantitative estimate of drug-likeness (QED) is 0.618. The van der Waals surface area contributed by atoms with Crippen LogP contribution in [0.1, 0.15) is 57.8 Å². The number of phenolic OH excluding ortho intramolecular Hbond substituents is 1. The molecule has 0 radical (unpaired) electrons. The molecule has 1 fully saturated rings. The van der Waals surface area contributed by atoms with E-state index in [1.54, 1.807) is 12.1 Å². The van der Waals surface area contributed by atoms with Crippen molar-refractivity contribution < 1.29 is 24.5 Å². The Kier molecular flexibility index (Phi) is 6.58. The van der Waals surface area contributed by atoms with Crippen LogP contribution < -0.4 is 10.1 Å². The van der Waals surface area contributed by atoms with Gasteiger partial charge in [0.15, 0.2) is 11.5 Å². The molecule has 1 amide bonds. The molecule has 164 valence electrons. The van der Waals surface area contributed by atoms with Crippen LogP contribution in [0.25, 0.3) is 0 Å². The van der Waals surface area contributed by atoms with Gasteiger partial charge in [0.25, 0.3) is 0 Å². The molecule has 0 unspecified atom stereocenters. The summed E-state index contributed by atoms with van der Waals surface area (Å²) >= 11 is 0. The number of carbonyl (C=O) groups excluding carboxylic acids is 1. The van der Waals surface area contributed by atoms with Gasteiger partial charge in [0, 0.05) is 30.4 Å². The minimum Gasteiger partial charge on any atom is -0.504 e. The van der Waals surface area contributed by atoms with E-state index in [1.165, 1.54) is 6.92 Å². The summed E-state index contributed by atoms with van der Waals surface area (Å²) in [5.41, 5.74) is 1.90. The molecule has 2 aliphatic rings. The van der Waals surface area contributed by atoms with Gasteiger partial charge in [-0.25, -0.2) is 0 Å². The van der Waals surface area contributed by atoms with Gasteiger partial charge in [0.05, 0.1) is 18.8 Å². The SMILES string of the molecule is C=CCc1cc([C@@H]2C[C@](C)(NC(C)=O)[C@@H]3CC=C(C)[C@@H](O)[C@@H]3O2)cc(OCC)c1O. The first-order valence-electron chi connectivity index (χ1n) is 10.6. The second-order valence-corrected chi connectivity index (χ2v) is 8.58. The molecule has 3 N–H and O–H groups in total. The van der Waals surface area contributed by atoms with Crippen LogP contribution in [0.5, 0.6) is 11.5 Å². The molecule has 0 saturated carbocycles. The number of aliphatic hydroxyl groups is 1. The Labute approximate surface area is 178 Å². The van der Waals surface area contributed by atoms with Gasteiger partial charge in [-0.1, -0.05) is 12.2 Å². The van der Waals surface area contributed by atoms with Crippen LogP contribution in [0.4, 0.5) is 0 Å². The lowest BCUT2D eigenvalue weighted by atomic mass is 9.68. The van der Waals surface area contributed by atoms with Gasteiger partial charge in [0.2, 0.25) is 5.91 Å². The van der Waals surface area contributed by atoms with Crippen molar-refractivity contribution in [2.24, 2.45) is 5.92 Å². The number of phenols is 1. The maximum absolute atomic E-state index is 12.0. The number of aliphatic hydroxyl groups excluding tert-OH is 1. The van der Waals surface area contributed by atoms with Crippen LogP contribution in [0.15, 0.2) is 36.4 Å². The number of hydrogen-bond donors (Lipinski definition) is 3. The second kappa shape index (κ2) is 8.82. The maximum atomic E-state index is 12.0. The minimum absolute atomic E-state index is 0.0347. The third kappa shape index (κ3) is 4.25. The summed E-state index contributed by atoms with van der Waals surface area (Å²) < 4.78 is 12.1. The van der Waals surface area contributed by atoms with Crippen LogP contribution in [0, 0.1) is 5.92 Å². The zero-order chi connectivity index (χ0) is 22.1. The number of allylic oxidation sites excluding steroid dienone is 2. The fourth-order valence-corrected chi connectivity index (χ4v) is 4.81. The third-order valence-electron chi connectivity index (χ3n) is 6.29. The largest absolute Gasteiger partial charge is 0.504 e. The van der Waals surface area contributed by atoms with E-state index in [2.05, 4.69) is 11.9 Å². The topological polar surface area (TPSA) is 88.0 Å². The summed E-state index contributed by atoms with van der Waals surface area (Å²) in [6.45, 7) is 11.5. The summed E-state index contributed by atoms with van der Waals surface area (Å²) in [5, 5.41) is 24.5. The highest BCUT2D eigenvalue weighted by Crippen LogP contribution is 2.48. The molecule has 3 rings (SSSR count). The standard InChI is InChI=1S/C24H33NO5/c1-6-8-16-11-17(12-19(22(16)28)29-7-2)20-13-24(5,25-15(4)26)18-10-9-14(3)21(27)23(18)30-20/h6,9,11-12,18,20-21,23,27-28H,1,7-8,10,13H2,2-5H3,(H,25,26)/t18-,20+,21-,23-,24+/m1/s1. The van der Waals surface area contributed by atoms with Gasteiger partial charge in [-0.05, 0) is 56.9 Å². The van der Waals surface area contributed by atoms with Crippen molar-refractivity contribution in [1.29, 1.82) is 0 Å². The lowest BCUT2D eigenvalue weighted by Gasteiger charge is -2.52. The molecule has 0 spiro atoms. The van der Waals surface area contributed by atoms with E-state index in [1.807, 2.05) is 32.9 Å². The Morgan fingerprint density at radius 3 is 2.83 bits per heavy atom.